The van der Waals surface area contributed by atoms with Crippen LogP contribution in [0.2, 0.25) is 0 Å². The van der Waals surface area contributed by atoms with Crippen LogP contribution in [0.4, 0.5) is 4.39 Å². The smallest absolute Gasteiger partial charge is 0.164 e. The Labute approximate surface area is 121 Å². The maximum Gasteiger partial charge on any atom is 0.164 e. The van der Waals surface area contributed by atoms with E-state index in [1.807, 2.05) is 0 Å². The number of benzene rings is 1. The van der Waals surface area contributed by atoms with E-state index in [2.05, 4.69) is 11.8 Å². The topological polar surface area (TPSA) is 20.3 Å². The number of carbonyl (C=O) groups excluding carboxylic acids is 1. The molecule has 0 aliphatic carbocycles. The van der Waals surface area contributed by atoms with Crippen LogP contribution in [0.15, 0.2) is 18.2 Å². The van der Waals surface area contributed by atoms with Gasteiger partial charge in [0, 0.05) is 18.5 Å². The molecule has 0 amide bonds. The molecule has 1 aromatic carbocycles. The Kier molecular flexibility index (Phi) is 5.30. The molecule has 2 nitrogen and oxygen atoms in total. The van der Waals surface area contributed by atoms with Gasteiger partial charge in [-0.2, -0.15) is 0 Å². The third-order valence-corrected chi connectivity index (χ3v) is 4.26. The van der Waals surface area contributed by atoms with Crippen LogP contribution in [0.25, 0.3) is 0 Å². The van der Waals surface area contributed by atoms with Gasteiger partial charge in [0.2, 0.25) is 0 Å². The van der Waals surface area contributed by atoms with E-state index in [4.69, 9.17) is 0 Å². The number of Topliss-reactive ketones (excluding diaryl/α,β-unsaturated/α-hetero) is 1. The molecule has 0 N–H and O–H groups in total. The van der Waals surface area contributed by atoms with Crippen LogP contribution in [0.5, 0.6) is 0 Å². The number of likely N-dealkylation sites (tertiary alicyclic amines) is 1. The second kappa shape index (κ2) is 6.98. The molecular formula is C17H24FNO. The van der Waals surface area contributed by atoms with Gasteiger partial charge < -0.3 is 4.90 Å². The van der Waals surface area contributed by atoms with Gasteiger partial charge in [-0.1, -0.05) is 19.1 Å². The minimum Gasteiger partial charge on any atom is -0.303 e. The summed E-state index contributed by atoms with van der Waals surface area (Å²) in [6.07, 6.45) is 4.20. The van der Waals surface area contributed by atoms with Crippen molar-refractivity contribution in [2.45, 2.75) is 39.5 Å². The molecule has 1 heterocycles. The van der Waals surface area contributed by atoms with E-state index in [-0.39, 0.29) is 11.6 Å². The summed E-state index contributed by atoms with van der Waals surface area (Å²) in [6.45, 7) is 6.96. The molecule has 1 unspecified atom stereocenters. The third-order valence-electron chi connectivity index (χ3n) is 4.26. The van der Waals surface area contributed by atoms with E-state index in [1.165, 1.54) is 25.3 Å². The third kappa shape index (κ3) is 4.14. The summed E-state index contributed by atoms with van der Waals surface area (Å²) in [7, 11) is 0. The fourth-order valence-corrected chi connectivity index (χ4v) is 2.72. The summed E-state index contributed by atoms with van der Waals surface area (Å²) in [5.74, 6) is 0.544. The number of hydrogen-bond acceptors (Lipinski definition) is 2. The molecule has 20 heavy (non-hydrogen) atoms. The molecule has 1 aliphatic heterocycles. The van der Waals surface area contributed by atoms with E-state index in [0.717, 1.165) is 25.6 Å². The lowest BCUT2D eigenvalue weighted by Gasteiger charge is -2.19. The molecule has 0 aromatic heterocycles. The highest BCUT2D eigenvalue weighted by Gasteiger charge is 2.15. The molecule has 110 valence electrons. The van der Waals surface area contributed by atoms with Gasteiger partial charge in [0.25, 0.3) is 0 Å². The highest BCUT2D eigenvalue weighted by Crippen LogP contribution is 2.17. The molecule has 3 heteroatoms. The summed E-state index contributed by atoms with van der Waals surface area (Å²) < 4.78 is 13.5. The largest absolute Gasteiger partial charge is 0.303 e. The van der Waals surface area contributed by atoms with E-state index < -0.39 is 0 Å². The lowest BCUT2D eigenvalue weighted by Crippen LogP contribution is -2.27. The van der Waals surface area contributed by atoms with Crippen molar-refractivity contribution in [3.63, 3.8) is 0 Å². The molecule has 0 saturated carbocycles. The van der Waals surface area contributed by atoms with Crippen LogP contribution in [0.1, 0.15) is 48.5 Å². The Hall–Kier alpha value is -1.22. The fourth-order valence-electron chi connectivity index (χ4n) is 2.72. The molecule has 1 saturated heterocycles. The first-order valence-corrected chi connectivity index (χ1v) is 7.58. The average molecular weight is 277 g/mol. The molecular weight excluding hydrogens is 253 g/mol. The normalized spacial score (nSPS) is 20.6. The first kappa shape index (κ1) is 15.2. The molecule has 0 bridgehead atoms. The zero-order valence-corrected chi connectivity index (χ0v) is 12.5. The van der Waals surface area contributed by atoms with Gasteiger partial charge in [-0.3, -0.25) is 4.79 Å². The van der Waals surface area contributed by atoms with Crippen LogP contribution in [-0.4, -0.2) is 30.3 Å². The molecule has 0 spiro atoms. The van der Waals surface area contributed by atoms with E-state index in [1.54, 1.807) is 19.1 Å². The van der Waals surface area contributed by atoms with Crippen molar-refractivity contribution in [1.29, 1.82) is 0 Å². The second-order valence-electron chi connectivity index (χ2n) is 6.01. The molecule has 1 aromatic rings. The lowest BCUT2D eigenvalue weighted by molar-refractivity contribution is 0.0964. The van der Waals surface area contributed by atoms with Crippen LogP contribution < -0.4 is 0 Å². The standard InChI is InChI=1S/C17H24FNO/c1-13-4-3-9-19(10-7-13)11-8-17(20)15-6-5-14(2)16(18)12-15/h5-6,12-13H,3-4,7-11H2,1-2H3. The lowest BCUT2D eigenvalue weighted by atomic mass is 10.0. The first-order valence-electron chi connectivity index (χ1n) is 7.58. The zero-order valence-electron chi connectivity index (χ0n) is 12.5. The molecule has 0 radical (unpaired) electrons. The quantitative estimate of drug-likeness (QED) is 0.780. The summed E-state index contributed by atoms with van der Waals surface area (Å²) in [6, 6.07) is 4.77. The predicted octanol–water partition coefficient (Wildman–Crippen LogP) is 3.83. The summed E-state index contributed by atoms with van der Waals surface area (Å²) in [5, 5.41) is 0. The van der Waals surface area contributed by atoms with Crippen LogP contribution in [0, 0.1) is 18.7 Å². The van der Waals surface area contributed by atoms with Crippen LogP contribution >= 0.6 is 0 Å². The molecule has 1 aliphatic rings. The van der Waals surface area contributed by atoms with Gasteiger partial charge >= 0.3 is 0 Å². The molecule has 2 rings (SSSR count). The van der Waals surface area contributed by atoms with Crippen LogP contribution in [0.3, 0.4) is 0 Å². The Morgan fingerprint density at radius 2 is 2.15 bits per heavy atom. The summed E-state index contributed by atoms with van der Waals surface area (Å²) in [4.78, 5) is 14.5. The maximum atomic E-state index is 13.5. The van der Waals surface area contributed by atoms with Crippen molar-refractivity contribution in [2.75, 3.05) is 19.6 Å². The number of ketones is 1. The number of halogens is 1. The van der Waals surface area contributed by atoms with Gasteiger partial charge in [-0.25, -0.2) is 4.39 Å². The van der Waals surface area contributed by atoms with Gasteiger partial charge in [0.1, 0.15) is 5.82 Å². The Morgan fingerprint density at radius 3 is 2.90 bits per heavy atom. The van der Waals surface area contributed by atoms with Gasteiger partial charge in [0.15, 0.2) is 5.78 Å². The van der Waals surface area contributed by atoms with Crippen molar-refractivity contribution >= 4 is 5.78 Å². The van der Waals surface area contributed by atoms with Crippen molar-refractivity contribution in [3.8, 4) is 0 Å². The van der Waals surface area contributed by atoms with Crippen LogP contribution in [-0.2, 0) is 0 Å². The van der Waals surface area contributed by atoms with E-state index in [9.17, 15) is 9.18 Å². The Morgan fingerprint density at radius 1 is 1.35 bits per heavy atom. The van der Waals surface area contributed by atoms with Crippen molar-refractivity contribution in [1.82, 2.24) is 4.90 Å². The monoisotopic (exact) mass is 277 g/mol. The van der Waals surface area contributed by atoms with Crippen molar-refractivity contribution in [2.24, 2.45) is 5.92 Å². The SMILES string of the molecule is Cc1ccc(C(=O)CCN2CCCC(C)CC2)cc1F. The number of hydrogen-bond donors (Lipinski definition) is 0. The summed E-state index contributed by atoms with van der Waals surface area (Å²) in [5.41, 5.74) is 1.08. The highest BCUT2D eigenvalue weighted by molar-refractivity contribution is 5.96. The number of rotatable bonds is 4. The second-order valence-corrected chi connectivity index (χ2v) is 6.01. The number of carbonyl (C=O) groups is 1. The average Bonchev–Trinajstić information content (AvgIpc) is 2.64. The van der Waals surface area contributed by atoms with E-state index in [0.29, 0.717) is 17.5 Å². The first-order chi connectivity index (χ1) is 9.56. The Balaban J connectivity index is 1.86. The van der Waals surface area contributed by atoms with Crippen molar-refractivity contribution in [3.05, 3.63) is 35.1 Å². The minimum atomic E-state index is -0.292. The number of aryl methyl sites for hydroxylation is 1. The minimum absolute atomic E-state index is 0.0428. The number of nitrogens with zero attached hydrogens (tertiary/aromatic N) is 1. The Bertz CT molecular complexity index is 472. The fraction of sp³-hybridized carbons (Fsp3) is 0.588. The highest BCUT2D eigenvalue weighted by atomic mass is 19.1. The van der Waals surface area contributed by atoms with Gasteiger partial charge in [-0.15, -0.1) is 0 Å². The predicted molar refractivity (Wildman–Crippen MR) is 79.5 cm³/mol. The maximum absolute atomic E-state index is 13.5. The van der Waals surface area contributed by atoms with E-state index >= 15 is 0 Å². The molecule has 1 fully saturated rings. The van der Waals surface area contributed by atoms with Gasteiger partial charge in [0.05, 0.1) is 0 Å². The zero-order chi connectivity index (χ0) is 14.5. The van der Waals surface area contributed by atoms with Crippen molar-refractivity contribution < 1.29 is 9.18 Å². The summed E-state index contributed by atoms with van der Waals surface area (Å²) >= 11 is 0. The van der Waals surface area contributed by atoms with Gasteiger partial charge in [-0.05, 0) is 56.8 Å². The molecule has 1 atom stereocenters.